The Morgan fingerprint density at radius 1 is 1.00 bits per heavy atom. The predicted octanol–water partition coefficient (Wildman–Crippen LogP) is 5.11. The smallest absolute Gasteiger partial charge is 0.228 e. The van der Waals surface area contributed by atoms with Gasteiger partial charge in [-0.25, -0.2) is 0 Å². The van der Waals surface area contributed by atoms with Crippen molar-refractivity contribution in [2.75, 3.05) is 25.0 Å². The number of ether oxygens (including phenoxy) is 1. The van der Waals surface area contributed by atoms with E-state index in [2.05, 4.69) is 15.3 Å². The Morgan fingerprint density at radius 2 is 1.83 bits per heavy atom. The van der Waals surface area contributed by atoms with Crippen molar-refractivity contribution in [3.63, 3.8) is 0 Å². The van der Waals surface area contributed by atoms with Crippen LogP contribution in [-0.4, -0.2) is 45.6 Å². The summed E-state index contributed by atoms with van der Waals surface area (Å²) >= 11 is 6.22. The van der Waals surface area contributed by atoms with Crippen molar-refractivity contribution >= 4 is 34.1 Å². The zero-order valence-corrected chi connectivity index (χ0v) is 20.3. The molecular weight excluding hydrogens is 460 g/mol. The van der Waals surface area contributed by atoms with Gasteiger partial charge in [-0.2, -0.15) is 5.10 Å². The fourth-order valence-corrected chi connectivity index (χ4v) is 4.73. The first-order valence-corrected chi connectivity index (χ1v) is 12.4. The lowest BCUT2D eigenvalue weighted by Gasteiger charge is -2.15. The van der Waals surface area contributed by atoms with E-state index in [1.807, 2.05) is 83.7 Å². The van der Waals surface area contributed by atoms with Crippen molar-refractivity contribution in [1.29, 1.82) is 0 Å². The minimum absolute atomic E-state index is 0.0616. The molecule has 35 heavy (non-hydrogen) atoms. The minimum Gasteiger partial charge on any atom is -0.489 e. The van der Waals surface area contributed by atoms with E-state index < -0.39 is 0 Å². The topological polar surface area (TPSA) is 59.4 Å². The number of carbonyl (C=O) groups excluding carboxylic acids is 1. The molecule has 1 atom stereocenters. The van der Waals surface area contributed by atoms with Crippen molar-refractivity contribution in [2.45, 2.75) is 31.4 Å². The molecule has 180 valence electrons. The van der Waals surface area contributed by atoms with Gasteiger partial charge in [-0.3, -0.25) is 14.4 Å². The Balaban J connectivity index is 1.17. The number of hydrogen-bond acceptors (Lipinski definition) is 4. The minimum atomic E-state index is -0.0616. The van der Waals surface area contributed by atoms with Crippen LogP contribution in [-0.2, 0) is 24.4 Å². The van der Waals surface area contributed by atoms with E-state index in [-0.39, 0.29) is 17.7 Å². The molecule has 0 saturated carbocycles. The molecule has 1 N–H and O–H groups in total. The summed E-state index contributed by atoms with van der Waals surface area (Å²) < 4.78 is 7.84. The van der Waals surface area contributed by atoms with E-state index in [4.69, 9.17) is 16.3 Å². The number of benzene rings is 3. The maximum absolute atomic E-state index is 12.8. The lowest BCUT2D eigenvalue weighted by Crippen LogP contribution is -2.25. The number of rotatable bonds is 9. The Bertz CT molecular complexity index is 1270. The van der Waals surface area contributed by atoms with E-state index in [0.717, 1.165) is 66.1 Å². The number of amides is 1. The molecule has 6 nitrogen and oxygen atoms in total. The van der Waals surface area contributed by atoms with Crippen LogP contribution in [0.15, 0.2) is 79.0 Å². The van der Waals surface area contributed by atoms with Crippen LogP contribution in [0.25, 0.3) is 10.9 Å². The van der Waals surface area contributed by atoms with Crippen LogP contribution in [0.3, 0.4) is 0 Å². The van der Waals surface area contributed by atoms with Gasteiger partial charge in [0.1, 0.15) is 12.4 Å². The lowest BCUT2D eigenvalue weighted by molar-refractivity contribution is -0.115. The Labute approximate surface area is 210 Å². The van der Waals surface area contributed by atoms with Gasteiger partial charge in [0, 0.05) is 23.9 Å². The number of likely N-dealkylation sites (tertiary alicyclic amines) is 1. The van der Waals surface area contributed by atoms with Crippen LogP contribution in [0.4, 0.5) is 5.69 Å². The van der Waals surface area contributed by atoms with Gasteiger partial charge >= 0.3 is 0 Å². The molecule has 5 rings (SSSR count). The summed E-state index contributed by atoms with van der Waals surface area (Å²) in [7, 11) is 0. The monoisotopic (exact) mass is 488 g/mol. The molecule has 4 aromatic rings. The van der Waals surface area contributed by atoms with Crippen LogP contribution in [0.5, 0.6) is 5.75 Å². The van der Waals surface area contributed by atoms with Gasteiger partial charge in [-0.1, -0.05) is 48.5 Å². The van der Waals surface area contributed by atoms with E-state index in [9.17, 15) is 4.79 Å². The third kappa shape index (κ3) is 6.02. The molecular formula is C28H29ClN4O2. The Hall–Kier alpha value is -3.35. The van der Waals surface area contributed by atoms with Crippen LogP contribution in [0.2, 0.25) is 0 Å². The summed E-state index contributed by atoms with van der Waals surface area (Å²) in [4.78, 5) is 15.1. The van der Waals surface area contributed by atoms with Crippen molar-refractivity contribution in [2.24, 2.45) is 0 Å². The van der Waals surface area contributed by atoms with E-state index >= 15 is 0 Å². The summed E-state index contributed by atoms with van der Waals surface area (Å²) in [6.45, 7) is 4.20. The molecule has 1 unspecified atom stereocenters. The molecule has 1 saturated heterocycles. The molecule has 1 aliphatic rings. The average molecular weight is 489 g/mol. The SMILES string of the molecule is O=C(Cc1ccc(OCc2ccccc2)cc1)Nc1cccc2c1cnn2CCN1CCC(Cl)C1. The standard InChI is InChI=1S/C28H29ClN4O2/c29-23-13-14-32(19-23)15-16-33-27-8-4-7-26(25(27)18-30-33)31-28(34)17-21-9-11-24(12-10-21)35-20-22-5-2-1-3-6-22/h1-12,18,23H,13-17,19-20H2,(H,31,34). The molecule has 1 fully saturated rings. The zero-order chi connectivity index (χ0) is 24.0. The number of nitrogens with one attached hydrogen (secondary N) is 1. The van der Waals surface area contributed by atoms with Crippen molar-refractivity contribution in [3.8, 4) is 5.75 Å². The summed E-state index contributed by atoms with van der Waals surface area (Å²) in [6.07, 6.45) is 3.16. The van der Waals surface area contributed by atoms with Gasteiger partial charge < -0.3 is 10.1 Å². The Kier molecular flexibility index (Phi) is 7.31. The summed E-state index contributed by atoms with van der Waals surface area (Å²) in [5.74, 6) is 0.721. The third-order valence-electron chi connectivity index (χ3n) is 6.34. The number of halogens is 1. The van der Waals surface area contributed by atoms with Crippen LogP contribution in [0.1, 0.15) is 17.5 Å². The molecule has 3 aromatic carbocycles. The maximum Gasteiger partial charge on any atom is 0.228 e. The highest BCUT2D eigenvalue weighted by atomic mass is 35.5. The molecule has 1 aliphatic heterocycles. The van der Waals surface area contributed by atoms with Gasteiger partial charge in [0.2, 0.25) is 5.91 Å². The van der Waals surface area contributed by atoms with E-state index in [1.165, 1.54) is 0 Å². The quantitative estimate of drug-likeness (QED) is 0.333. The van der Waals surface area contributed by atoms with E-state index in [1.54, 1.807) is 0 Å². The number of fused-ring (bicyclic) bond motifs is 1. The highest BCUT2D eigenvalue weighted by Gasteiger charge is 2.20. The number of anilines is 1. The zero-order valence-electron chi connectivity index (χ0n) is 19.6. The second-order valence-electron chi connectivity index (χ2n) is 8.94. The van der Waals surface area contributed by atoms with Crippen LogP contribution >= 0.6 is 11.6 Å². The molecule has 7 heteroatoms. The third-order valence-corrected chi connectivity index (χ3v) is 6.70. The van der Waals surface area contributed by atoms with Gasteiger partial charge in [0.25, 0.3) is 0 Å². The van der Waals surface area contributed by atoms with Crippen molar-refractivity contribution in [1.82, 2.24) is 14.7 Å². The lowest BCUT2D eigenvalue weighted by atomic mass is 10.1. The fraction of sp³-hybridized carbons (Fsp3) is 0.286. The largest absolute Gasteiger partial charge is 0.489 e. The first-order chi connectivity index (χ1) is 17.1. The van der Waals surface area contributed by atoms with Crippen molar-refractivity contribution in [3.05, 3.63) is 90.1 Å². The first kappa shape index (κ1) is 23.4. The second kappa shape index (κ2) is 10.9. The van der Waals surface area contributed by atoms with Crippen LogP contribution in [0, 0.1) is 0 Å². The summed E-state index contributed by atoms with van der Waals surface area (Å²) in [6, 6.07) is 23.6. The molecule has 1 aromatic heterocycles. The Morgan fingerprint density at radius 3 is 2.60 bits per heavy atom. The van der Waals surface area contributed by atoms with Gasteiger partial charge in [-0.15, -0.1) is 11.6 Å². The van der Waals surface area contributed by atoms with Gasteiger partial charge in [-0.05, 0) is 48.4 Å². The highest BCUT2D eigenvalue weighted by Crippen LogP contribution is 2.24. The highest BCUT2D eigenvalue weighted by molar-refractivity contribution is 6.20. The second-order valence-corrected chi connectivity index (χ2v) is 9.55. The number of hydrogen-bond donors (Lipinski definition) is 1. The first-order valence-electron chi connectivity index (χ1n) is 12.0. The van der Waals surface area contributed by atoms with E-state index in [0.29, 0.717) is 6.61 Å². The number of nitrogens with zero attached hydrogens (tertiary/aromatic N) is 3. The average Bonchev–Trinajstić information content (AvgIpc) is 3.49. The number of alkyl halides is 1. The molecule has 0 radical (unpaired) electrons. The normalized spacial score (nSPS) is 16.0. The number of carbonyl (C=O) groups is 1. The molecule has 2 heterocycles. The van der Waals surface area contributed by atoms with Gasteiger partial charge in [0.05, 0.1) is 30.4 Å². The molecule has 0 bridgehead atoms. The fourth-order valence-electron chi connectivity index (χ4n) is 4.44. The summed E-state index contributed by atoms with van der Waals surface area (Å²) in [5, 5.41) is 8.83. The van der Waals surface area contributed by atoms with Crippen LogP contribution < -0.4 is 10.1 Å². The summed E-state index contributed by atoms with van der Waals surface area (Å²) in [5.41, 5.74) is 3.85. The molecule has 0 spiro atoms. The predicted molar refractivity (Wildman–Crippen MR) is 140 cm³/mol. The van der Waals surface area contributed by atoms with Crippen molar-refractivity contribution < 1.29 is 9.53 Å². The maximum atomic E-state index is 12.8. The number of aromatic nitrogens is 2. The molecule has 0 aliphatic carbocycles. The molecule has 1 amide bonds. The van der Waals surface area contributed by atoms with Gasteiger partial charge in [0.15, 0.2) is 0 Å².